The van der Waals surface area contributed by atoms with Gasteiger partial charge in [-0.05, 0) is 51.6 Å². The molecule has 4 rings (SSSR count). The minimum atomic E-state index is -0.126. The molecule has 0 aromatic heterocycles. The number of nitrogens with zero attached hydrogens (tertiary/aromatic N) is 2. The fourth-order valence-electron chi connectivity index (χ4n) is 5.12. The van der Waals surface area contributed by atoms with Gasteiger partial charge in [0.1, 0.15) is 5.75 Å². The van der Waals surface area contributed by atoms with Crippen molar-refractivity contribution in [2.45, 2.75) is 31.5 Å². The molecular formula is C20H29N3O3. The maximum atomic E-state index is 12.9. The third-order valence-corrected chi connectivity index (χ3v) is 6.24. The van der Waals surface area contributed by atoms with E-state index in [0.29, 0.717) is 30.2 Å². The summed E-state index contributed by atoms with van der Waals surface area (Å²) >= 11 is 0. The first-order valence-corrected chi connectivity index (χ1v) is 9.45. The summed E-state index contributed by atoms with van der Waals surface area (Å²) in [4.78, 5) is 17.1. The van der Waals surface area contributed by atoms with Crippen LogP contribution in [0.3, 0.4) is 0 Å². The first-order chi connectivity index (χ1) is 12.4. The Morgan fingerprint density at radius 3 is 3.00 bits per heavy atom. The summed E-state index contributed by atoms with van der Waals surface area (Å²) in [6.45, 7) is 4.50. The van der Waals surface area contributed by atoms with Gasteiger partial charge in [0.2, 0.25) is 0 Å². The number of methoxy groups -OCH3 is 1. The molecular weight excluding hydrogens is 330 g/mol. The zero-order valence-electron chi connectivity index (χ0n) is 16.1. The second-order valence-corrected chi connectivity index (χ2v) is 8.31. The highest BCUT2D eigenvalue weighted by molar-refractivity contribution is 5.91. The molecule has 3 heterocycles. The van der Waals surface area contributed by atoms with E-state index in [0.717, 1.165) is 37.2 Å². The van der Waals surface area contributed by atoms with E-state index in [1.54, 1.807) is 7.11 Å². The van der Waals surface area contributed by atoms with Crippen LogP contribution >= 0.6 is 0 Å². The Hall–Kier alpha value is -1.79. The number of nitrogens with one attached hydrogen (secondary N) is 1. The van der Waals surface area contributed by atoms with Crippen molar-refractivity contribution in [2.75, 3.05) is 46.2 Å². The third kappa shape index (κ3) is 2.85. The number of hydrogen-bond donors (Lipinski definition) is 1. The summed E-state index contributed by atoms with van der Waals surface area (Å²) in [6.07, 6.45) is 2.56. The van der Waals surface area contributed by atoms with Gasteiger partial charge in [0, 0.05) is 24.9 Å². The van der Waals surface area contributed by atoms with Gasteiger partial charge in [-0.15, -0.1) is 0 Å². The molecule has 6 nitrogen and oxygen atoms in total. The second kappa shape index (κ2) is 6.43. The number of likely N-dealkylation sites (tertiary alicyclic amines) is 1. The fraction of sp³-hybridized carbons (Fsp3) is 0.650. The van der Waals surface area contributed by atoms with Crippen LogP contribution in [-0.4, -0.2) is 68.4 Å². The summed E-state index contributed by atoms with van der Waals surface area (Å²) in [5.41, 5.74) is 1.69. The van der Waals surface area contributed by atoms with Crippen molar-refractivity contribution in [3.8, 4) is 5.75 Å². The minimum absolute atomic E-state index is 0.0617. The Balaban J connectivity index is 1.49. The van der Waals surface area contributed by atoms with E-state index >= 15 is 0 Å². The van der Waals surface area contributed by atoms with Crippen molar-refractivity contribution in [2.24, 2.45) is 11.8 Å². The number of anilines is 1. The Morgan fingerprint density at radius 2 is 2.27 bits per heavy atom. The largest absolute Gasteiger partial charge is 0.495 e. The standard InChI is InChI=1S/C20H29N3O3/c1-13-5-6-18(25-4)16(9-13)21-19(24)23-11-15-14(10-22(2)3)17-7-8-20(15,12-23)26-17/h5-6,9,14-15,17H,7-8,10-12H2,1-4H3,(H,21,24)/t14-,15+,17+,20+/m0/s1. The van der Waals surface area contributed by atoms with Crippen LogP contribution in [0.2, 0.25) is 0 Å². The lowest BCUT2D eigenvalue weighted by Crippen LogP contribution is -2.40. The van der Waals surface area contributed by atoms with E-state index in [1.165, 1.54) is 0 Å². The van der Waals surface area contributed by atoms with Crippen LogP contribution in [0, 0.1) is 18.8 Å². The van der Waals surface area contributed by atoms with E-state index in [4.69, 9.17) is 9.47 Å². The molecule has 1 N–H and O–H groups in total. The molecule has 3 aliphatic heterocycles. The molecule has 26 heavy (non-hydrogen) atoms. The number of fused-ring (bicyclic) bond motifs is 1. The molecule has 0 unspecified atom stereocenters. The van der Waals surface area contributed by atoms with Gasteiger partial charge < -0.3 is 24.6 Å². The van der Waals surface area contributed by atoms with Gasteiger partial charge in [0.05, 0.1) is 31.0 Å². The molecule has 3 saturated heterocycles. The predicted octanol–water partition coefficient (Wildman–Crippen LogP) is 2.58. The third-order valence-electron chi connectivity index (χ3n) is 6.24. The van der Waals surface area contributed by atoms with Gasteiger partial charge in [-0.2, -0.15) is 0 Å². The summed E-state index contributed by atoms with van der Waals surface area (Å²) in [5, 5.41) is 3.04. The number of aryl methyl sites for hydroxylation is 1. The highest BCUT2D eigenvalue weighted by Crippen LogP contribution is 2.55. The summed E-state index contributed by atoms with van der Waals surface area (Å²) in [6, 6.07) is 5.75. The smallest absolute Gasteiger partial charge is 0.322 e. The first-order valence-electron chi connectivity index (χ1n) is 9.45. The van der Waals surface area contributed by atoms with Crippen molar-refractivity contribution in [3.63, 3.8) is 0 Å². The molecule has 2 bridgehead atoms. The monoisotopic (exact) mass is 359 g/mol. The Morgan fingerprint density at radius 1 is 1.46 bits per heavy atom. The molecule has 1 aromatic carbocycles. The number of carbonyl (C=O) groups is 1. The topological polar surface area (TPSA) is 54.0 Å². The van der Waals surface area contributed by atoms with Gasteiger partial charge in [-0.1, -0.05) is 6.07 Å². The number of ether oxygens (including phenoxy) is 2. The molecule has 6 heteroatoms. The van der Waals surface area contributed by atoms with Gasteiger partial charge in [-0.3, -0.25) is 0 Å². The SMILES string of the molecule is COc1ccc(C)cc1NC(=O)N1C[C@@H]2[C@H](CN(C)C)[C@H]3CC[C@]2(C1)O3. The average molecular weight is 359 g/mol. The van der Waals surface area contributed by atoms with Crippen LogP contribution in [-0.2, 0) is 4.74 Å². The molecule has 4 atom stereocenters. The number of urea groups is 1. The van der Waals surface area contributed by atoms with Gasteiger partial charge in [0.15, 0.2) is 0 Å². The van der Waals surface area contributed by atoms with Crippen LogP contribution in [0.1, 0.15) is 18.4 Å². The summed E-state index contributed by atoms with van der Waals surface area (Å²) in [5.74, 6) is 1.64. The zero-order chi connectivity index (χ0) is 18.5. The minimum Gasteiger partial charge on any atom is -0.495 e. The lowest BCUT2D eigenvalue weighted by molar-refractivity contribution is 0.00534. The molecule has 3 fully saturated rings. The summed E-state index contributed by atoms with van der Waals surface area (Å²) < 4.78 is 11.8. The lowest BCUT2D eigenvalue weighted by Gasteiger charge is -2.30. The Kier molecular flexibility index (Phi) is 4.35. The van der Waals surface area contributed by atoms with Crippen molar-refractivity contribution in [1.29, 1.82) is 0 Å². The predicted molar refractivity (Wildman–Crippen MR) is 101 cm³/mol. The van der Waals surface area contributed by atoms with E-state index < -0.39 is 0 Å². The lowest BCUT2D eigenvalue weighted by atomic mass is 9.73. The Bertz CT molecular complexity index is 708. The second-order valence-electron chi connectivity index (χ2n) is 8.31. The van der Waals surface area contributed by atoms with E-state index in [2.05, 4.69) is 24.3 Å². The van der Waals surface area contributed by atoms with E-state index in [1.807, 2.05) is 30.0 Å². The number of amides is 2. The van der Waals surface area contributed by atoms with Crippen molar-refractivity contribution in [1.82, 2.24) is 9.80 Å². The molecule has 142 valence electrons. The number of rotatable bonds is 4. The number of benzene rings is 1. The van der Waals surface area contributed by atoms with Crippen LogP contribution < -0.4 is 10.1 Å². The molecule has 0 saturated carbocycles. The molecule has 0 aliphatic carbocycles. The highest BCUT2D eigenvalue weighted by Gasteiger charge is 2.63. The van der Waals surface area contributed by atoms with Crippen molar-refractivity contribution >= 4 is 11.7 Å². The Labute approximate surface area is 155 Å². The van der Waals surface area contributed by atoms with Crippen LogP contribution in [0.15, 0.2) is 18.2 Å². The summed E-state index contributed by atoms with van der Waals surface area (Å²) in [7, 11) is 5.85. The zero-order valence-corrected chi connectivity index (χ0v) is 16.1. The maximum absolute atomic E-state index is 12.9. The molecule has 0 radical (unpaired) electrons. The number of hydrogen-bond acceptors (Lipinski definition) is 4. The van der Waals surface area contributed by atoms with Gasteiger partial charge >= 0.3 is 6.03 Å². The number of carbonyl (C=O) groups excluding carboxylic acids is 1. The molecule has 1 aromatic rings. The maximum Gasteiger partial charge on any atom is 0.322 e. The van der Waals surface area contributed by atoms with E-state index in [9.17, 15) is 4.79 Å². The van der Waals surface area contributed by atoms with Crippen molar-refractivity contribution in [3.05, 3.63) is 23.8 Å². The van der Waals surface area contributed by atoms with Crippen LogP contribution in [0.5, 0.6) is 5.75 Å². The van der Waals surface area contributed by atoms with Gasteiger partial charge in [-0.25, -0.2) is 4.79 Å². The van der Waals surface area contributed by atoms with Crippen LogP contribution in [0.4, 0.5) is 10.5 Å². The van der Waals surface area contributed by atoms with Crippen molar-refractivity contribution < 1.29 is 14.3 Å². The molecule has 2 amide bonds. The first kappa shape index (κ1) is 17.6. The van der Waals surface area contributed by atoms with Gasteiger partial charge in [0.25, 0.3) is 0 Å². The molecule has 3 aliphatic rings. The highest BCUT2D eigenvalue weighted by atomic mass is 16.5. The van der Waals surface area contributed by atoms with Crippen LogP contribution in [0.25, 0.3) is 0 Å². The normalized spacial score (nSPS) is 32.2. The molecule has 1 spiro atoms. The average Bonchev–Trinajstić information content (AvgIpc) is 3.24. The fourth-order valence-corrected chi connectivity index (χ4v) is 5.12. The van der Waals surface area contributed by atoms with E-state index in [-0.39, 0.29) is 11.6 Å². The quantitative estimate of drug-likeness (QED) is 0.898.